The van der Waals surface area contributed by atoms with Crippen molar-refractivity contribution in [3.63, 3.8) is 0 Å². The van der Waals surface area contributed by atoms with Crippen molar-refractivity contribution in [2.45, 2.75) is 38.4 Å². The third-order valence-electron chi connectivity index (χ3n) is 3.16. The van der Waals surface area contributed by atoms with E-state index in [1.807, 2.05) is 6.07 Å². The van der Waals surface area contributed by atoms with Gasteiger partial charge in [-0.15, -0.1) is 0 Å². The Morgan fingerprint density at radius 3 is 2.83 bits per heavy atom. The average molecular weight is 252 g/mol. The number of halogens is 1. The van der Waals surface area contributed by atoms with E-state index in [4.69, 9.17) is 4.74 Å². The zero-order chi connectivity index (χ0) is 13.0. The molecule has 4 heteroatoms. The van der Waals surface area contributed by atoms with E-state index < -0.39 is 0 Å². The quantitative estimate of drug-likeness (QED) is 0.779. The topological polar surface area (TPSA) is 33.3 Å². The lowest BCUT2D eigenvalue weighted by atomic mass is 10.2. The van der Waals surface area contributed by atoms with Crippen LogP contribution in [0.3, 0.4) is 0 Å². The van der Waals surface area contributed by atoms with Gasteiger partial charge in [-0.3, -0.25) is 0 Å². The summed E-state index contributed by atoms with van der Waals surface area (Å²) in [6.07, 6.45) is 2.60. The van der Waals surface area contributed by atoms with Gasteiger partial charge in [0, 0.05) is 25.2 Å². The Hall–Kier alpha value is -1.13. The first kappa shape index (κ1) is 13.3. The molecule has 0 amide bonds. The highest BCUT2D eigenvalue weighted by Gasteiger charge is 2.20. The first-order valence-corrected chi connectivity index (χ1v) is 6.48. The molecule has 2 N–H and O–H groups in total. The van der Waals surface area contributed by atoms with Crippen LogP contribution in [0.2, 0.25) is 0 Å². The molecule has 0 aliphatic heterocycles. The highest BCUT2D eigenvalue weighted by molar-refractivity contribution is 5.29. The normalized spacial score (nSPS) is 16.6. The van der Waals surface area contributed by atoms with E-state index in [0.717, 1.165) is 18.2 Å². The van der Waals surface area contributed by atoms with E-state index in [9.17, 15) is 4.39 Å². The largest absolute Gasteiger partial charge is 0.494 e. The van der Waals surface area contributed by atoms with E-state index in [1.165, 1.54) is 26.0 Å². The molecule has 0 spiro atoms. The molecule has 2 rings (SSSR count). The minimum atomic E-state index is -0.305. The molecule has 0 aromatic heterocycles. The van der Waals surface area contributed by atoms with Crippen LogP contribution in [0.5, 0.6) is 5.75 Å². The highest BCUT2D eigenvalue weighted by Crippen LogP contribution is 2.19. The van der Waals surface area contributed by atoms with Crippen LogP contribution in [0.15, 0.2) is 18.2 Å². The summed E-state index contributed by atoms with van der Waals surface area (Å²) in [6.45, 7) is 3.77. The molecule has 1 aromatic rings. The summed E-state index contributed by atoms with van der Waals surface area (Å²) in [5.74, 6) is -0.0113. The Labute approximate surface area is 108 Å². The zero-order valence-corrected chi connectivity index (χ0v) is 11.0. The second-order valence-corrected chi connectivity index (χ2v) is 4.93. The van der Waals surface area contributed by atoms with Crippen molar-refractivity contribution >= 4 is 0 Å². The number of rotatable bonds is 7. The number of nitrogens with one attached hydrogen (secondary N) is 2. The molecule has 0 radical (unpaired) electrons. The SMILES string of the molecule is COc1ccc(CNC(C)CNC2CC2)cc1F. The summed E-state index contributed by atoms with van der Waals surface area (Å²) >= 11 is 0. The van der Waals surface area contributed by atoms with Crippen LogP contribution in [0.25, 0.3) is 0 Å². The van der Waals surface area contributed by atoms with Crippen molar-refractivity contribution in [2.75, 3.05) is 13.7 Å². The molecule has 1 aliphatic rings. The van der Waals surface area contributed by atoms with E-state index in [1.54, 1.807) is 6.07 Å². The third kappa shape index (κ3) is 3.96. The molecule has 1 unspecified atom stereocenters. The fourth-order valence-electron chi connectivity index (χ4n) is 1.81. The second-order valence-electron chi connectivity index (χ2n) is 4.93. The molecule has 1 aliphatic carbocycles. The number of methoxy groups -OCH3 is 1. The summed E-state index contributed by atoms with van der Waals surface area (Å²) in [7, 11) is 1.47. The molecule has 1 fully saturated rings. The van der Waals surface area contributed by atoms with Crippen LogP contribution in [0.1, 0.15) is 25.3 Å². The molecule has 0 saturated heterocycles. The van der Waals surface area contributed by atoms with E-state index in [0.29, 0.717) is 18.3 Å². The maximum atomic E-state index is 13.5. The number of hydrogen-bond acceptors (Lipinski definition) is 3. The lowest BCUT2D eigenvalue weighted by Crippen LogP contribution is -2.36. The fraction of sp³-hybridized carbons (Fsp3) is 0.571. The highest BCUT2D eigenvalue weighted by atomic mass is 19.1. The van der Waals surface area contributed by atoms with E-state index in [2.05, 4.69) is 17.6 Å². The Kier molecular flexibility index (Phi) is 4.55. The van der Waals surface area contributed by atoms with Crippen LogP contribution < -0.4 is 15.4 Å². The van der Waals surface area contributed by atoms with Crippen LogP contribution in [0, 0.1) is 5.82 Å². The van der Waals surface area contributed by atoms with Gasteiger partial charge in [-0.2, -0.15) is 0 Å². The molecular weight excluding hydrogens is 231 g/mol. The van der Waals surface area contributed by atoms with Gasteiger partial charge in [0.25, 0.3) is 0 Å². The number of benzene rings is 1. The average Bonchev–Trinajstić information content (AvgIpc) is 3.18. The van der Waals surface area contributed by atoms with E-state index in [-0.39, 0.29) is 5.82 Å². The van der Waals surface area contributed by atoms with Crippen LogP contribution in [-0.4, -0.2) is 25.7 Å². The number of hydrogen-bond donors (Lipinski definition) is 2. The Morgan fingerprint density at radius 2 is 2.22 bits per heavy atom. The molecule has 18 heavy (non-hydrogen) atoms. The predicted octanol–water partition coefficient (Wildman–Crippen LogP) is 2.06. The summed E-state index contributed by atoms with van der Waals surface area (Å²) < 4.78 is 18.4. The molecule has 3 nitrogen and oxygen atoms in total. The standard InChI is InChI=1S/C14H21FN2O/c1-10(8-17-12-4-5-12)16-9-11-3-6-14(18-2)13(15)7-11/h3,6-7,10,12,16-17H,4-5,8-9H2,1-2H3. The summed E-state index contributed by atoms with van der Waals surface area (Å²) in [5, 5.41) is 6.84. The first-order valence-electron chi connectivity index (χ1n) is 6.48. The Morgan fingerprint density at radius 1 is 1.44 bits per heavy atom. The fourth-order valence-corrected chi connectivity index (χ4v) is 1.81. The summed E-state index contributed by atoms with van der Waals surface area (Å²) in [4.78, 5) is 0. The van der Waals surface area contributed by atoms with Gasteiger partial charge in [0.05, 0.1) is 7.11 Å². The van der Waals surface area contributed by atoms with Gasteiger partial charge in [-0.1, -0.05) is 6.07 Å². The third-order valence-corrected chi connectivity index (χ3v) is 3.16. The van der Waals surface area contributed by atoms with E-state index >= 15 is 0 Å². The minimum absolute atomic E-state index is 0.294. The maximum Gasteiger partial charge on any atom is 0.165 e. The second kappa shape index (κ2) is 6.16. The van der Waals surface area contributed by atoms with Crippen LogP contribution >= 0.6 is 0 Å². The lowest BCUT2D eigenvalue weighted by Gasteiger charge is -2.14. The molecular formula is C14H21FN2O. The van der Waals surface area contributed by atoms with Crippen molar-refractivity contribution in [1.29, 1.82) is 0 Å². The van der Waals surface area contributed by atoms with Crippen molar-refractivity contribution in [2.24, 2.45) is 0 Å². The number of ether oxygens (including phenoxy) is 1. The molecule has 0 bridgehead atoms. The van der Waals surface area contributed by atoms with Gasteiger partial charge < -0.3 is 15.4 Å². The van der Waals surface area contributed by atoms with Gasteiger partial charge in [-0.25, -0.2) is 4.39 Å². The summed E-state index contributed by atoms with van der Waals surface area (Å²) in [5.41, 5.74) is 0.937. The van der Waals surface area contributed by atoms with Crippen LogP contribution in [0.4, 0.5) is 4.39 Å². The van der Waals surface area contributed by atoms with Crippen molar-refractivity contribution in [1.82, 2.24) is 10.6 Å². The molecule has 0 heterocycles. The van der Waals surface area contributed by atoms with Crippen molar-refractivity contribution < 1.29 is 9.13 Å². The van der Waals surface area contributed by atoms with Crippen molar-refractivity contribution in [3.05, 3.63) is 29.6 Å². The summed E-state index contributed by atoms with van der Waals surface area (Å²) in [6, 6.07) is 6.19. The molecule has 100 valence electrons. The zero-order valence-electron chi connectivity index (χ0n) is 11.0. The molecule has 1 saturated carbocycles. The lowest BCUT2D eigenvalue weighted by molar-refractivity contribution is 0.386. The molecule has 1 atom stereocenters. The van der Waals surface area contributed by atoms with Gasteiger partial charge >= 0.3 is 0 Å². The smallest absolute Gasteiger partial charge is 0.165 e. The van der Waals surface area contributed by atoms with Gasteiger partial charge in [0.2, 0.25) is 0 Å². The molecule has 1 aromatic carbocycles. The predicted molar refractivity (Wildman–Crippen MR) is 70.3 cm³/mol. The maximum absolute atomic E-state index is 13.5. The van der Waals surface area contributed by atoms with Gasteiger partial charge in [0.1, 0.15) is 0 Å². The van der Waals surface area contributed by atoms with Crippen molar-refractivity contribution in [3.8, 4) is 5.75 Å². The first-order chi connectivity index (χ1) is 8.69. The van der Waals surface area contributed by atoms with Crippen LogP contribution in [-0.2, 0) is 6.54 Å². The Bertz CT molecular complexity index is 393. The van der Waals surface area contributed by atoms with Gasteiger partial charge in [0.15, 0.2) is 11.6 Å². The minimum Gasteiger partial charge on any atom is -0.494 e. The monoisotopic (exact) mass is 252 g/mol. The van der Waals surface area contributed by atoms with Gasteiger partial charge in [-0.05, 0) is 37.5 Å². The Balaban J connectivity index is 1.76.